The molecule has 0 aliphatic carbocycles. The van der Waals surface area contributed by atoms with E-state index in [4.69, 9.17) is 5.73 Å². The first-order chi connectivity index (χ1) is 8.80. The minimum atomic E-state index is -0.741. The minimum Gasteiger partial charge on any atom is -0.368 e. The fraction of sp³-hybridized carbons (Fsp3) is 0.615. The summed E-state index contributed by atoms with van der Waals surface area (Å²) in [6, 6.07) is 0. The van der Waals surface area contributed by atoms with Gasteiger partial charge in [-0.3, -0.25) is 4.79 Å². The molecule has 0 bridgehead atoms. The van der Waals surface area contributed by atoms with Crippen molar-refractivity contribution >= 4 is 17.7 Å². The summed E-state index contributed by atoms with van der Waals surface area (Å²) in [5.74, 6) is 0.153. The summed E-state index contributed by atoms with van der Waals surface area (Å²) in [7, 11) is 0. The minimum absolute atomic E-state index is 0.359. The topological polar surface area (TPSA) is 80.9 Å². The average Bonchev–Trinajstić information content (AvgIpc) is 2.33. The first-order valence-electron chi connectivity index (χ1n) is 6.29. The molecule has 5 nitrogen and oxygen atoms in total. The van der Waals surface area contributed by atoms with Gasteiger partial charge in [0, 0.05) is 17.1 Å². The number of thioether (sulfide) groups is 1. The highest BCUT2D eigenvalue weighted by atomic mass is 32.2. The summed E-state index contributed by atoms with van der Waals surface area (Å²) in [5.41, 5.74) is 7.76. The van der Waals surface area contributed by atoms with Crippen LogP contribution in [-0.2, 0) is 4.79 Å². The molecule has 106 valence electrons. The van der Waals surface area contributed by atoms with Gasteiger partial charge in [0.25, 0.3) is 0 Å². The van der Waals surface area contributed by atoms with Crippen molar-refractivity contribution in [2.45, 2.75) is 45.3 Å². The summed E-state index contributed by atoms with van der Waals surface area (Å²) in [5, 5.41) is 3.80. The monoisotopic (exact) mass is 282 g/mol. The number of hydrogen-bond acceptors (Lipinski definition) is 5. The Morgan fingerprint density at radius 1 is 1.32 bits per heavy atom. The van der Waals surface area contributed by atoms with E-state index >= 15 is 0 Å². The number of nitrogens with one attached hydrogen (secondary N) is 1. The van der Waals surface area contributed by atoms with E-state index in [2.05, 4.69) is 15.3 Å². The zero-order valence-electron chi connectivity index (χ0n) is 12.2. The average molecular weight is 282 g/mol. The van der Waals surface area contributed by atoms with Gasteiger partial charge in [-0.05, 0) is 39.8 Å². The summed E-state index contributed by atoms with van der Waals surface area (Å²) in [6.45, 7) is 10.4. The first-order valence-corrected chi connectivity index (χ1v) is 7.28. The molecule has 1 aromatic rings. The van der Waals surface area contributed by atoms with E-state index in [1.165, 1.54) is 11.8 Å². The van der Waals surface area contributed by atoms with Crippen molar-refractivity contribution in [3.63, 3.8) is 0 Å². The molecule has 3 N–H and O–H groups in total. The lowest BCUT2D eigenvalue weighted by molar-refractivity contribution is -0.122. The van der Waals surface area contributed by atoms with Gasteiger partial charge >= 0.3 is 0 Å². The number of rotatable bonds is 6. The third-order valence-corrected chi connectivity index (χ3v) is 4.38. The summed E-state index contributed by atoms with van der Waals surface area (Å²) in [6.07, 6.45) is 0. The molecule has 0 spiro atoms. The van der Waals surface area contributed by atoms with E-state index in [0.717, 1.165) is 17.0 Å². The highest BCUT2D eigenvalue weighted by Gasteiger charge is 2.30. The van der Waals surface area contributed by atoms with Crippen LogP contribution in [0.1, 0.15) is 30.8 Å². The Labute approximate surface area is 118 Å². The Kier molecular flexibility index (Phi) is 5.31. The van der Waals surface area contributed by atoms with Crippen LogP contribution in [0, 0.1) is 20.8 Å². The summed E-state index contributed by atoms with van der Waals surface area (Å²) < 4.78 is 0. The Bertz CT molecular complexity index is 455. The van der Waals surface area contributed by atoms with E-state index < -0.39 is 5.54 Å². The molecule has 1 atom stereocenters. The molecule has 0 radical (unpaired) electrons. The third kappa shape index (κ3) is 3.91. The summed E-state index contributed by atoms with van der Waals surface area (Å²) in [4.78, 5) is 20.4. The molecule has 0 saturated carbocycles. The Hall–Kier alpha value is -1.14. The zero-order valence-corrected chi connectivity index (χ0v) is 13.0. The molecule has 0 saturated heterocycles. The number of nitrogens with two attached hydrogens (primary N) is 1. The van der Waals surface area contributed by atoms with E-state index in [1.54, 1.807) is 6.92 Å². The van der Waals surface area contributed by atoms with Crippen molar-refractivity contribution in [1.29, 1.82) is 0 Å². The van der Waals surface area contributed by atoms with Crippen LogP contribution in [0.5, 0.6) is 0 Å². The first kappa shape index (κ1) is 15.9. The SMILES string of the molecule is CCNC(C)(CSc1nc(C)c(C)c(C)n1)C(N)=O. The van der Waals surface area contributed by atoms with Gasteiger partial charge in [-0.25, -0.2) is 9.97 Å². The maximum Gasteiger partial charge on any atom is 0.238 e. The van der Waals surface area contributed by atoms with Crippen molar-refractivity contribution in [3.05, 3.63) is 17.0 Å². The number of carbonyl (C=O) groups is 1. The van der Waals surface area contributed by atoms with Crippen LogP contribution >= 0.6 is 11.8 Å². The lowest BCUT2D eigenvalue weighted by Crippen LogP contribution is -2.55. The maximum absolute atomic E-state index is 11.5. The third-order valence-electron chi connectivity index (χ3n) is 3.21. The fourth-order valence-corrected chi connectivity index (χ4v) is 2.68. The van der Waals surface area contributed by atoms with Gasteiger partial charge in [-0.1, -0.05) is 18.7 Å². The summed E-state index contributed by atoms with van der Waals surface area (Å²) >= 11 is 1.45. The number of primary amides is 1. The van der Waals surface area contributed by atoms with Gasteiger partial charge < -0.3 is 11.1 Å². The number of carbonyl (C=O) groups excluding carboxylic acids is 1. The molecule has 0 aliphatic heterocycles. The second-order valence-electron chi connectivity index (χ2n) is 4.82. The molecule has 19 heavy (non-hydrogen) atoms. The Balaban J connectivity index is 2.83. The van der Waals surface area contributed by atoms with E-state index in [-0.39, 0.29) is 5.91 Å². The Morgan fingerprint density at radius 3 is 2.26 bits per heavy atom. The van der Waals surface area contributed by atoms with Crippen LogP contribution in [0.3, 0.4) is 0 Å². The van der Waals surface area contributed by atoms with E-state index in [0.29, 0.717) is 17.5 Å². The van der Waals surface area contributed by atoms with Gasteiger partial charge in [0.15, 0.2) is 5.16 Å². The molecular formula is C13H22N4OS. The molecule has 0 fully saturated rings. The number of amides is 1. The zero-order chi connectivity index (χ0) is 14.6. The quantitative estimate of drug-likeness (QED) is 0.608. The standard InChI is InChI=1S/C13H22N4OS/c1-6-15-13(5,11(14)18)7-19-12-16-9(3)8(2)10(4)17-12/h15H,6-7H2,1-5H3,(H2,14,18). The van der Waals surface area contributed by atoms with Crippen molar-refractivity contribution < 1.29 is 4.79 Å². The van der Waals surface area contributed by atoms with Crippen LogP contribution in [0.25, 0.3) is 0 Å². The second kappa shape index (κ2) is 6.34. The van der Waals surface area contributed by atoms with Gasteiger partial charge in [0.1, 0.15) is 5.54 Å². The van der Waals surface area contributed by atoms with Crippen LogP contribution in [0.4, 0.5) is 0 Å². The number of likely N-dealkylation sites (N-methyl/N-ethyl adjacent to an activating group) is 1. The molecule has 0 aliphatic rings. The van der Waals surface area contributed by atoms with Crippen molar-refractivity contribution in [2.24, 2.45) is 5.73 Å². The van der Waals surface area contributed by atoms with Gasteiger partial charge in [0.2, 0.25) is 5.91 Å². The second-order valence-corrected chi connectivity index (χ2v) is 5.76. The van der Waals surface area contributed by atoms with Crippen molar-refractivity contribution in [1.82, 2.24) is 15.3 Å². The number of aromatic nitrogens is 2. The van der Waals surface area contributed by atoms with Crippen molar-refractivity contribution in [2.75, 3.05) is 12.3 Å². The molecule has 1 amide bonds. The maximum atomic E-state index is 11.5. The molecule has 1 heterocycles. The van der Waals surface area contributed by atoms with Crippen LogP contribution in [-0.4, -0.2) is 33.7 Å². The van der Waals surface area contributed by atoms with Crippen molar-refractivity contribution in [3.8, 4) is 0 Å². The molecule has 6 heteroatoms. The van der Waals surface area contributed by atoms with Crippen LogP contribution in [0.2, 0.25) is 0 Å². The molecule has 0 aromatic carbocycles. The van der Waals surface area contributed by atoms with Gasteiger partial charge in [0.05, 0.1) is 0 Å². The van der Waals surface area contributed by atoms with E-state index in [9.17, 15) is 4.79 Å². The Morgan fingerprint density at radius 2 is 1.84 bits per heavy atom. The number of aryl methyl sites for hydroxylation is 2. The highest BCUT2D eigenvalue weighted by molar-refractivity contribution is 7.99. The lowest BCUT2D eigenvalue weighted by atomic mass is 10.1. The number of hydrogen-bond donors (Lipinski definition) is 2. The predicted molar refractivity (Wildman–Crippen MR) is 78.2 cm³/mol. The highest BCUT2D eigenvalue weighted by Crippen LogP contribution is 2.21. The lowest BCUT2D eigenvalue weighted by Gasteiger charge is -2.26. The van der Waals surface area contributed by atoms with Crippen LogP contribution in [0.15, 0.2) is 5.16 Å². The smallest absolute Gasteiger partial charge is 0.238 e. The van der Waals surface area contributed by atoms with Gasteiger partial charge in [-0.2, -0.15) is 0 Å². The largest absolute Gasteiger partial charge is 0.368 e. The predicted octanol–water partition coefficient (Wildman–Crippen LogP) is 1.35. The molecular weight excluding hydrogens is 260 g/mol. The van der Waals surface area contributed by atoms with Gasteiger partial charge in [-0.15, -0.1) is 0 Å². The van der Waals surface area contributed by atoms with Crippen LogP contribution < -0.4 is 11.1 Å². The van der Waals surface area contributed by atoms with E-state index in [1.807, 2.05) is 27.7 Å². The molecule has 1 aromatic heterocycles. The number of nitrogens with zero attached hydrogens (tertiary/aromatic N) is 2. The molecule has 1 unspecified atom stereocenters. The fourth-order valence-electron chi connectivity index (χ4n) is 1.61. The normalized spacial score (nSPS) is 14.2. The molecule has 1 rings (SSSR count).